The molecule has 0 spiro atoms. The Morgan fingerprint density at radius 3 is 2.65 bits per heavy atom. The topological polar surface area (TPSA) is 61.8 Å². The van der Waals surface area contributed by atoms with Crippen molar-refractivity contribution in [2.75, 3.05) is 19.7 Å². The molecule has 5 nitrogen and oxygen atoms in total. The van der Waals surface area contributed by atoms with Crippen molar-refractivity contribution in [3.05, 3.63) is 0 Å². The molecule has 2 atom stereocenters. The smallest absolute Gasteiger partial charge is 0.404 e. The lowest BCUT2D eigenvalue weighted by Gasteiger charge is -2.40. The lowest BCUT2D eigenvalue weighted by atomic mass is 9.97. The van der Waals surface area contributed by atoms with Gasteiger partial charge in [-0.25, -0.2) is 4.79 Å². The first-order valence-electron chi connectivity index (χ1n) is 6.50. The van der Waals surface area contributed by atoms with Gasteiger partial charge in [0.15, 0.2) is 0 Å². The minimum Gasteiger partial charge on any atom is -0.465 e. The van der Waals surface area contributed by atoms with Gasteiger partial charge in [0, 0.05) is 31.8 Å². The molecule has 1 amide bonds. The van der Waals surface area contributed by atoms with Crippen molar-refractivity contribution in [3.8, 4) is 0 Å². The summed E-state index contributed by atoms with van der Waals surface area (Å²) >= 11 is 0. The fourth-order valence-corrected chi connectivity index (χ4v) is 2.89. The zero-order chi connectivity index (χ0) is 12.3. The van der Waals surface area contributed by atoms with E-state index >= 15 is 0 Å². The van der Waals surface area contributed by atoms with Crippen LogP contribution in [0, 0.1) is 0 Å². The zero-order valence-corrected chi connectivity index (χ0v) is 10.4. The first kappa shape index (κ1) is 12.6. The quantitative estimate of drug-likeness (QED) is 0.766. The molecule has 0 saturated carbocycles. The molecule has 2 rings (SSSR count). The normalized spacial score (nSPS) is 32.3. The van der Waals surface area contributed by atoms with Gasteiger partial charge in [0.2, 0.25) is 0 Å². The van der Waals surface area contributed by atoms with Crippen molar-refractivity contribution in [2.24, 2.45) is 0 Å². The van der Waals surface area contributed by atoms with Gasteiger partial charge in [0.05, 0.1) is 6.10 Å². The van der Waals surface area contributed by atoms with Gasteiger partial charge in [-0.2, -0.15) is 0 Å². The van der Waals surface area contributed by atoms with E-state index in [1.807, 2.05) is 0 Å². The summed E-state index contributed by atoms with van der Waals surface area (Å²) in [5, 5.41) is 11.3. The predicted octanol–water partition coefficient (Wildman–Crippen LogP) is 1.29. The van der Waals surface area contributed by atoms with Crippen LogP contribution in [0.3, 0.4) is 0 Å². The second-order valence-electron chi connectivity index (χ2n) is 5.12. The third-order valence-corrected chi connectivity index (χ3v) is 3.83. The first-order chi connectivity index (χ1) is 8.15. The van der Waals surface area contributed by atoms with Gasteiger partial charge < -0.3 is 20.1 Å². The summed E-state index contributed by atoms with van der Waals surface area (Å²) in [6.07, 6.45) is 3.54. The molecule has 0 aromatic carbocycles. The molecule has 0 aromatic heterocycles. The van der Waals surface area contributed by atoms with Crippen molar-refractivity contribution in [1.29, 1.82) is 0 Å². The van der Waals surface area contributed by atoms with Crippen LogP contribution < -0.4 is 5.32 Å². The van der Waals surface area contributed by atoms with Crippen LogP contribution in [0.4, 0.5) is 4.79 Å². The van der Waals surface area contributed by atoms with Crippen molar-refractivity contribution < 1.29 is 14.6 Å². The van der Waals surface area contributed by atoms with Crippen LogP contribution in [0.25, 0.3) is 0 Å². The number of ether oxygens (including phenoxy) is 1. The summed E-state index contributed by atoms with van der Waals surface area (Å²) < 4.78 is 5.56. The second-order valence-corrected chi connectivity index (χ2v) is 5.12. The Kier molecular flexibility index (Phi) is 4.23. The molecular formula is C12H22N2O3. The Morgan fingerprint density at radius 1 is 1.35 bits per heavy atom. The largest absolute Gasteiger partial charge is 0.465 e. The maximum absolute atomic E-state index is 10.6. The summed E-state index contributed by atoms with van der Waals surface area (Å²) in [6.45, 7) is 4.99. The Bertz CT molecular complexity index is 264. The highest BCUT2D eigenvalue weighted by Crippen LogP contribution is 2.22. The van der Waals surface area contributed by atoms with Gasteiger partial charge in [0.25, 0.3) is 0 Å². The van der Waals surface area contributed by atoms with Crippen molar-refractivity contribution in [2.45, 2.75) is 50.8 Å². The number of nitrogens with zero attached hydrogens (tertiary/aromatic N) is 1. The summed E-state index contributed by atoms with van der Waals surface area (Å²) in [5.74, 6) is 0. The van der Waals surface area contributed by atoms with Gasteiger partial charge >= 0.3 is 6.09 Å². The molecule has 2 N–H and O–H groups in total. The number of rotatable bonds is 2. The van der Waals surface area contributed by atoms with Crippen LogP contribution in [0.5, 0.6) is 0 Å². The van der Waals surface area contributed by atoms with E-state index in [1.165, 1.54) is 0 Å². The minimum absolute atomic E-state index is 0.140. The average Bonchev–Trinajstić information content (AvgIpc) is 2.29. The summed E-state index contributed by atoms with van der Waals surface area (Å²) in [5.41, 5.74) is 0. The first-order valence-corrected chi connectivity index (χ1v) is 6.50. The molecule has 0 aromatic rings. The maximum Gasteiger partial charge on any atom is 0.404 e. The van der Waals surface area contributed by atoms with E-state index in [2.05, 4.69) is 17.1 Å². The summed E-state index contributed by atoms with van der Waals surface area (Å²) in [4.78, 5) is 13.1. The number of carbonyl (C=O) groups is 1. The van der Waals surface area contributed by atoms with E-state index in [-0.39, 0.29) is 6.04 Å². The van der Waals surface area contributed by atoms with Gasteiger partial charge in [-0.05, 0) is 32.6 Å². The molecule has 2 saturated heterocycles. The summed E-state index contributed by atoms with van der Waals surface area (Å²) in [7, 11) is 0. The summed E-state index contributed by atoms with van der Waals surface area (Å²) in [6, 6.07) is 0.769. The lowest BCUT2D eigenvalue weighted by Crippen LogP contribution is -2.49. The third-order valence-electron chi connectivity index (χ3n) is 3.83. The molecule has 2 fully saturated rings. The van der Waals surface area contributed by atoms with Gasteiger partial charge in [0.1, 0.15) is 0 Å². The van der Waals surface area contributed by atoms with Crippen LogP contribution in [0.2, 0.25) is 0 Å². The fourth-order valence-electron chi connectivity index (χ4n) is 2.89. The second kappa shape index (κ2) is 5.69. The SMILES string of the molecule is CC1CC(N2CCC(NC(=O)O)CC2)CCO1. The molecule has 2 heterocycles. The molecular weight excluding hydrogens is 220 g/mol. The standard InChI is InChI=1S/C12H22N2O3/c1-9-8-11(4-7-17-9)14-5-2-10(3-6-14)13-12(15)16/h9-11,13H,2-8H2,1H3,(H,15,16). The molecule has 2 aliphatic rings. The van der Waals surface area contributed by atoms with Crippen LogP contribution in [0.1, 0.15) is 32.6 Å². The van der Waals surface area contributed by atoms with E-state index in [1.54, 1.807) is 0 Å². The Labute approximate surface area is 102 Å². The Hall–Kier alpha value is -0.810. The van der Waals surface area contributed by atoms with Gasteiger partial charge in [-0.3, -0.25) is 0 Å². The van der Waals surface area contributed by atoms with Crippen LogP contribution in [-0.2, 0) is 4.74 Å². The Morgan fingerprint density at radius 2 is 2.06 bits per heavy atom. The molecule has 17 heavy (non-hydrogen) atoms. The molecule has 98 valence electrons. The number of carboxylic acid groups (broad SMARTS) is 1. The number of piperidine rings is 1. The van der Waals surface area contributed by atoms with Gasteiger partial charge in [-0.15, -0.1) is 0 Å². The van der Waals surface area contributed by atoms with E-state index in [0.717, 1.165) is 45.4 Å². The van der Waals surface area contributed by atoms with Gasteiger partial charge in [-0.1, -0.05) is 0 Å². The van der Waals surface area contributed by atoms with Crippen LogP contribution >= 0.6 is 0 Å². The van der Waals surface area contributed by atoms with Crippen molar-refractivity contribution in [3.63, 3.8) is 0 Å². The van der Waals surface area contributed by atoms with E-state index in [0.29, 0.717) is 12.1 Å². The minimum atomic E-state index is -0.900. The van der Waals surface area contributed by atoms with Crippen LogP contribution in [-0.4, -0.2) is 54.0 Å². The van der Waals surface area contributed by atoms with Crippen molar-refractivity contribution in [1.82, 2.24) is 10.2 Å². The lowest BCUT2D eigenvalue weighted by molar-refractivity contribution is -0.0229. The molecule has 0 radical (unpaired) electrons. The van der Waals surface area contributed by atoms with Crippen molar-refractivity contribution >= 4 is 6.09 Å². The predicted molar refractivity (Wildman–Crippen MR) is 64.2 cm³/mol. The number of hydrogen-bond donors (Lipinski definition) is 2. The number of likely N-dealkylation sites (tertiary alicyclic amines) is 1. The third kappa shape index (κ3) is 3.57. The van der Waals surface area contributed by atoms with E-state index in [9.17, 15) is 4.79 Å². The number of amides is 1. The molecule has 5 heteroatoms. The van der Waals surface area contributed by atoms with E-state index < -0.39 is 6.09 Å². The maximum atomic E-state index is 10.6. The zero-order valence-electron chi connectivity index (χ0n) is 10.4. The molecule has 0 bridgehead atoms. The average molecular weight is 242 g/mol. The highest BCUT2D eigenvalue weighted by atomic mass is 16.5. The van der Waals surface area contributed by atoms with E-state index in [4.69, 9.17) is 9.84 Å². The molecule has 2 unspecified atom stereocenters. The highest BCUT2D eigenvalue weighted by molar-refractivity contribution is 5.64. The molecule has 2 aliphatic heterocycles. The molecule has 0 aliphatic carbocycles. The monoisotopic (exact) mass is 242 g/mol. The number of hydrogen-bond acceptors (Lipinski definition) is 3. The highest BCUT2D eigenvalue weighted by Gasteiger charge is 2.28. The number of nitrogens with one attached hydrogen (secondary N) is 1. The fraction of sp³-hybridized carbons (Fsp3) is 0.917. The van der Waals surface area contributed by atoms with Crippen LogP contribution in [0.15, 0.2) is 0 Å². The Balaban J connectivity index is 1.76.